The first-order chi connectivity index (χ1) is 7.25. The number of ether oxygens (including phenoxy) is 1. The van der Waals surface area contributed by atoms with Gasteiger partial charge in [0.25, 0.3) is 0 Å². The second kappa shape index (κ2) is 4.67. The molecule has 0 fully saturated rings. The summed E-state index contributed by atoms with van der Waals surface area (Å²) in [6.45, 7) is 2.92. The Morgan fingerprint density at radius 2 is 2.33 bits per heavy atom. The van der Waals surface area contributed by atoms with Gasteiger partial charge >= 0.3 is 0 Å². The molecule has 0 radical (unpaired) electrons. The van der Waals surface area contributed by atoms with Gasteiger partial charge in [0.15, 0.2) is 0 Å². The molecule has 15 heavy (non-hydrogen) atoms. The van der Waals surface area contributed by atoms with Crippen molar-refractivity contribution in [3.63, 3.8) is 0 Å². The van der Waals surface area contributed by atoms with E-state index < -0.39 is 0 Å². The third-order valence-corrected chi connectivity index (χ3v) is 2.86. The van der Waals surface area contributed by atoms with Crippen LogP contribution in [-0.4, -0.2) is 12.6 Å². The van der Waals surface area contributed by atoms with Gasteiger partial charge in [0.05, 0.1) is 6.61 Å². The molecule has 2 rings (SSSR count). The van der Waals surface area contributed by atoms with Crippen LogP contribution in [0.4, 0.5) is 0 Å². The van der Waals surface area contributed by atoms with Crippen LogP contribution >= 0.6 is 0 Å². The van der Waals surface area contributed by atoms with E-state index in [4.69, 9.17) is 10.5 Å². The Morgan fingerprint density at radius 1 is 1.47 bits per heavy atom. The summed E-state index contributed by atoms with van der Waals surface area (Å²) in [6, 6.07) is 6.83. The summed E-state index contributed by atoms with van der Waals surface area (Å²) < 4.78 is 5.58. The van der Waals surface area contributed by atoms with Gasteiger partial charge < -0.3 is 10.5 Å². The highest BCUT2D eigenvalue weighted by Gasteiger charge is 2.10. The predicted octanol–water partition coefficient (Wildman–Crippen LogP) is 2.29. The number of aryl methyl sites for hydroxylation is 2. The van der Waals surface area contributed by atoms with Crippen LogP contribution in [0.1, 0.15) is 30.9 Å². The number of rotatable bonds is 3. The minimum absolute atomic E-state index is 0.289. The van der Waals surface area contributed by atoms with Crippen molar-refractivity contribution in [2.24, 2.45) is 5.73 Å². The Hall–Kier alpha value is -1.02. The largest absolute Gasteiger partial charge is 0.493 e. The second-order valence-electron chi connectivity index (χ2n) is 4.41. The van der Waals surface area contributed by atoms with Crippen molar-refractivity contribution in [2.75, 3.05) is 6.61 Å². The smallest absolute Gasteiger partial charge is 0.122 e. The van der Waals surface area contributed by atoms with Crippen LogP contribution < -0.4 is 10.5 Å². The molecule has 1 aromatic rings. The Labute approximate surface area is 91.4 Å². The molecular weight excluding hydrogens is 186 g/mol. The monoisotopic (exact) mass is 205 g/mol. The first-order valence-corrected chi connectivity index (χ1v) is 5.76. The second-order valence-corrected chi connectivity index (χ2v) is 4.41. The van der Waals surface area contributed by atoms with Gasteiger partial charge in [0, 0.05) is 6.04 Å². The number of benzene rings is 1. The maximum atomic E-state index is 5.75. The fourth-order valence-corrected chi connectivity index (χ4v) is 1.96. The van der Waals surface area contributed by atoms with Gasteiger partial charge in [-0.1, -0.05) is 12.1 Å². The topological polar surface area (TPSA) is 35.2 Å². The van der Waals surface area contributed by atoms with Gasteiger partial charge in [-0.05, 0) is 49.8 Å². The molecule has 0 bridgehead atoms. The minimum atomic E-state index is 0.289. The fraction of sp³-hybridized carbons (Fsp3) is 0.538. The molecule has 1 unspecified atom stereocenters. The van der Waals surface area contributed by atoms with Crippen LogP contribution in [0, 0.1) is 0 Å². The molecule has 0 amide bonds. The maximum Gasteiger partial charge on any atom is 0.122 e. The number of nitrogens with two attached hydrogens (primary N) is 1. The molecule has 2 N–H and O–H groups in total. The molecule has 1 heterocycles. The Kier molecular flexibility index (Phi) is 3.27. The van der Waals surface area contributed by atoms with Crippen molar-refractivity contribution >= 4 is 0 Å². The van der Waals surface area contributed by atoms with Gasteiger partial charge in [0.2, 0.25) is 0 Å². The summed E-state index contributed by atoms with van der Waals surface area (Å²) in [5.74, 6) is 1.07. The van der Waals surface area contributed by atoms with Crippen molar-refractivity contribution in [3.05, 3.63) is 29.3 Å². The predicted molar refractivity (Wildman–Crippen MR) is 62.2 cm³/mol. The zero-order valence-corrected chi connectivity index (χ0v) is 9.33. The van der Waals surface area contributed by atoms with Crippen LogP contribution in [-0.2, 0) is 12.8 Å². The lowest BCUT2D eigenvalue weighted by Crippen LogP contribution is -2.15. The van der Waals surface area contributed by atoms with Gasteiger partial charge in [0.1, 0.15) is 5.75 Å². The first-order valence-electron chi connectivity index (χ1n) is 5.76. The van der Waals surface area contributed by atoms with E-state index in [1.54, 1.807) is 0 Å². The Bertz CT molecular complexity index is 333. The van der Waals surface area contributed by atoms with E-state index >= 15 is 0 Å². The number of hydrogen-bond donors (Lipinski definition) is 1. The van der Waals surface area contributed by atoms with Crippen molar-refractivity contribution in [3.8, 4) is 5.75 Å². The van der Waals surface area contributed by atoms with Crippen molar-refractivity contribution in [1.82, 2.24) is 0 Å². The third-order valence-electron chi connectivity index (χ3n) is 2.86. The maximum absolute atomic E-state index is 5.75. The van der Waals surface area contributed by atoms with Gasteiger partial charge in [-0.2, -0.15) is 0 Å². The Balaban J connectivity index is 2.07. The third kappa shape index (κ3) is 2.72. The van der Waals surface area contributed by atoms with E-state index in [-0.39, 0.29) is 6.04 Å². The van der Waals surface area contributed by atoms with E-state index in [0.717, 1.165) is 38.0 Å². The van der Waals surface area contributed by atoms with Gasteiger partial charge in [-0.3, -0.25) is 0 Å². The summed E-state index contributed by atoms with van der Waals surface area (Å²) in [7, 11) is 0. The van der Waals surface area contributed by atoms with E-state index in [9.17, 15) is 0 Å². The van der Waals surface area contributed by atoms with Crippen LogP contribution in [0.5, 0.6) is 5.75 Å². The molecule has 2 nitrogen and oxygen atoms in total. The molecule has 1 atom stereocenters. The lowest BCUT2D eigenvalue weighted by molar-refractivity contribution is 0.288. The average Bonchev–Trinajstić information content (AvgIpc) is 2.26. The molecule has 0 saturated heterocycles. The molecule has 0 saturated carbocycles. The zero-order chi connectivity index (χ0) is 10.7. The molecule has 2 heteroatoms. The molecule has 1 aliphatic rings. The summed E-state index contributed by atoms with van der Waals surface area (Å²) in [5.41, 5.74) is 8.50. The van der Waals surface area contributed by atoms with E-state index in [1.807, 2.05) is 0 Å². The Morgan fingerprint density at radius 3 is 3.13 bits per heavy atom. The van der Waals surface area contributed by atoms with Crippen LogP contribution in [0.3, 0.4) is 0 Å². The van der Waals surface area contributed by atoms with E-state index in [2.05, 4.69) is 25.1 Å². The molecule has 1 aliphatic heterocycles. The van der Waals surface area contributed by atoms with Crippen molar-refractivity contribution in [2.45, 2.75) is 38.6 Å². The lowest BCUT2D eigenvalue weighted by Gasteiger charge is -2.18. The highest BCUT2D eigenvalue weighted by Crippen LogP contribution is 2.25. The van der Waals surface area contributed by atoms with Crippen LogP contribution in [0.2, 0.25) is 0 Å². The van der Waals surface area contributed by atoms with Crippen molar-refractivity contribution in [1.29, 1.82) is 0 Å². The minimum Gasteiger partial charge on any atom is -0.493 e. The first kappa shape index (κ1) is 10.5. The molecule has 0 aromatic heterocycles. The standard InChI is InChI=1S/C13H19NO/c1-10(14)4-5-11-6-7-13-12(9-11)3-2-8-15-13/h6-7,9-10H,2-5,8,14H2,1H3. The fourth-order valence-electron chi connectivity index (χ4n) is 1.96. The molecule has 1 aromatic carbocycles. The molecule has 82 valence electrons. The summed E-state index contributed by atoms with van der Waals surface area (Å²) in [4.78, 5) is 0. The SMILES string of the molecule is CC(N)CCc1ccc2c(c1)CCCO2. The number of fused-ring (bicyclic) bond motifs is 1. The normalized spacial score (nSPS) is 16.7. The highest BCUT2D eigenvalue weighted by molar-refractivity contribution is 5.38. The highest BCUT2D eigenvalue weighted by atomic mass is 16.5. The summed E-state index contributed by atoms with van der Waals surface area (Å²) in [5, 5.41) is 0. The summed E-state index contributed by atoms with van der Waals surface area (Å²) in [6.07, 6.45) is 4.43. The molecule has 0 aliphatic carbocycles. The van der Waals surface area contributed by atoms with E-state index in [0.29, 0.717) is 0 Å². The zero-order valence-electron chi connectivity index (χ0n) is 9.33. The van der Waals surface area contributed by atoms with Gasteiger partial charge in [-0.25, -0.2) is 0 Å². The van der Waals surface area contributed by atoms with E-state index in [1.165, 1.54) is 11.1 Å². The van der Waals surface area contributed by atoms with Gasteiger partial charge in [-0.15, -0.1) is 0 Å². The quantitative estimate of drug-likeness (QED) is 0.821. The average molecular weight is 205 g/mol. The molecule has 0 spiro atoms. The molecular formula is C13H19NO. The van der Waals surface area contributed by atoms with Crippen LogP contribution in [0.15, 0.2) is 18.2 Å². The summed E-state index contributed by atoms with van der Waals surface area (Å²) >= 11 is 0. The van der Waals surface area contributed by atoms with Crippen LogP contribution in [0.25, 0.3) is 0 Å². The van der Waals surface area contributed by atoms with Crippen molar-refractivity contribution < 1.29 is 4.74 Å². The lowest BCUT2D eigenvalue weighted by atomic mass is 10.00. The number of hydrogen-bond acceptors (Lipinski definition) is 2.